The Morgan fingerprint density at radius 2 is 1.87 bits per heavy atom. The average molecular weight is 548 g/mol. The first-order chi connectivity index (χ1) is 18.5. The molecule has 7 nitrogen and oxygen atoms in total. The molecule has 0 bridgehead atoms. The third kappa shape index (κ3) is 6.07. The van der Waals surface area contributed by atoms with Crippen LogP contribution in [0.25, 0.3) is 11.3 Å². The Balaban J connectivity index is 1.43. The molecule has 3 aromatic rings. The van der Waals surface area contributed by atoms with Crippen molar-refractivity contribution in [3.05, 3.63) is 75.4 Å². The van der Waals surface area contributed by atoms with E-state index in [1.54, 1.807) is 17.0 Å². The molecule has 0 unspecified atom stereocenters. The standard InChI is InChI=1S/C29H30ClN5O2S/c30-26-9-8-24(18-23(26)7-6-21-2-4-22(20-36)5-3-21)28-25-19-34(29(31)37)13-10-27(25)35(32-28)12-1-11-33-14-16-38-17-15-33/h2-5,8-9,18,20H,1,10-17,19H2,(H2,31,37). The van der Waals surface area contributed by atoms with Gasteiger partial charge in [0.25, 0.3) is 0 Å². The Morgan fingerprint density at radius 3 is 2.61 bits per heavy atom. The number of rotatable bonds is 6. The molecule has 1 fully saturated rings. The maximum absolute atomic E-state index is 12.0. The highest BCUT2D eigenvalue weighted by Gasteiger charge is 2.27. The predicted octanol–water partition coefficient (Wildman–Crippen LogP) is 4.29. The van der Waals surface area contributed by atoms with E-state index in [0.29, 0.717) is 29.2 Å². The molecule has 1 aromatic heterocycles. The number of nitrogens with two attached hydrogens (primary N) is 1. The summed E-state index contributed by atoms with van der Waals surface area (Å²) in [4.78, 5) is 27.1. The van der Waals surface area contributed by atoms with E-state index in [9.17, 15) is 9.59 Å². The van der Waals surface area contributed by atoms with E-state index in [1.807, 2.05) is 42.1 Å². The number of carbonyl (C=O) groups is 2. The Kier molecular flexibility index (Phi) is 8.38. The molecule has 38 heavy (non-hydrogen) atoms. The fourth-order valence-electron chi connectivity index (χ4n) is 4.92. The monoisotopic (exact) mass is 547 g/mol. The number of hydrogen-bond acceptors (Lipinski definition) is 5. The van der Waals surface area contributed by atoms with Crippen molar-refractivity contribution in [1.29, 1.82) is 0 Å². The second-order valence-electron chi connectivity index (χ2n) is 9.50. The molecule has 2 N–H and O–H groups in total. The van der Waals surface area contributed by atoms with Crippen LogP contribution in [0.15, 0.2) is 42.5 Å². The fourth-order valence-corrected chi connectivity index (χ4v) is 6.06. The van der Waals surface area contributed by atoms with E-state index in [0.717, 1.165) is 67.7 Å². The third-order valence-corrected chi connectivity index (χ3v) is 8.29. The van der Waals surface area contributed by atoms with Crippen molar-refractivity contribution in [3.8, 4) is 23.1 Å². The van der Waals surface area contributed by atoms with Crippen LogP contribution >= 0.6 is 23.4 Å². The summed E-state index contributed by atoms with van der Waals surface area (Å²) in [6.07, 6.45) is 2.56. The van der Waals surface area contributed by atoms with Crippen molar-refractivity contribution < 1.29 is 9.59 Å². The molecule has 0 spiro atoms. The number of aromatic nitrogens is 2. The van der Waals surface area contributed by atoms with Gasteiger partial charge >= 0.3 is 6.03 Å². The molecule has 0 aliphatic carbocycles. The van der Waals surface area contributed by atoms with Gasteiger partial charge < -0.3 is 15.5 Å². The molecule has 2 aliphatic rings. The molecule has 0 saturated carbocycles. The van der Waals surface area contributed by atoms with Crippen LogP contribution in [0.4, 0.5) is 4.79 Å². The summed E-state index contributed by atoms with van der Waals surface area (Å²) in [7, 11) is 0. The van der Waals surface area contributed by atoms with Crippen molar-refractivity contribution >= 4 is 35.7 Å². The van der Waals surface area contributed by atoms with Crippen LogP contribution < -0.4 is 5.73 Å². The lowest BCUT2D eigenvalue weighted by atomic mass is 9.99. The van der Waals surface area contributed by atoms with Gasteiger partial charge in [-0.1, -0.05) is 41.6 Å². The third-order valence-electron chi connectivity index (χ3n) is 7.02. The van der Waals surface area contributed by atoms with Gasteiger partial charge in [0, 0.05) is 77.6 Å². The molecule has 3 heterocycles. The van der Waals surface area contributed by atoms with Gasteiger partial charge in [0.15, 0.2) is 0 Å². The van der Waals surface area contributed by atoms with Gasteiger partial charge in [-0.2, -0.15) is 16.9 Å². The average Bonchev–Trinajstić information content (AvgIpc) is 3.31. The summed E-state index contributed by atoms with van der Waals surface area (Å²) in [5, 5.41) is 5.59. The summed E-state index contributed by atoms with van der Waals surface area (Å²) in [5.41, 5.74) is 11.7. The number of amides is 2. The quantitative estimate of drug-likeness (QED) is 0.367. The zero-order valence-corrected chi connectivity index (χ0v) is 22.7. The molecular weight excluding hydrogens is 518 g/mol. The van der Waals surface area contributed by atoms with E-state index in [-0.39, 0.29) is 0 Å². The predicted molar refractivity (Wildman–Crippen MR) is 153 cm³/mol. The molecule has 2 aromatic carbocycles. The number of fused-ring (bicyclic) bond motifs is 1. The minimum absolute atomic E-state index is 0.416. The summed E-state index contributed by atoms with van der Waals surface area (Å²) in [5.74, 6) is 8.70. The van der Waals surface area contributed by atoms with Crippen molar-refractivity contribution in [3.63, 3.8) is 0 Å². The number of benzene rings is 2. The SMILES string of the molecule is NC(=O)N1CCc2c(c(-c3ccc(Cl)c(C#Cc4ccc(C=O)cc4)c3)nn2CCCN2CCSCC2)C1. The maximum atomic E-state index is 12.0. The minimum atomic E-state index is -0.416. The summed E-state index contributed by atoms with van der Waals surface area (Å²) < 4.78 is 2.12. The summed E-state index contributed by atoms with van der Waals surface area (Å²) in [6.45, 7) is 5.23. The number of hydrogen-bond donors (Lipinski definition) is 1. The zero-order valence-electron chi connectivity index (χ0n) is 21.2. The Hall–Kier alpha value is -3.25. The van der Waals surface area contributed by atoms with Crippen molar-refractivity contribution in [2.24, 2.45) is 5.73 Å². The smallest absolute Gasteiger partial charge is 0.315 e. The van der Waals surface area contributed by atoms with Crippen LogP contribution in [0, 0.1) is 11.8 Å². The Labute approximate surface area is 232 Å². The van der Waals surface area contributed by atoms with Crippen molar-refractivity contribution in [2.75, 3.05) is 37.7 Å². The van der Waals surface area contributed by atoms with Crippen LogP contribution in [-0.4, -0.2) is 69.6 Å². The lowest BCUT2D eigenvalue weighted by molar-refractivity contribution is 0.112. The Morgan fingerprint density at radius 1 is 1.08 bits per heavy atom. The van der Waals surface area contributed by atoms with E-state index in [2.05, 4.69) is 21.4 Å². The molecular formula is C29H30ClN5O2S. The second-order valence-corrected chi connectivity index (χ2v) is 11.1. The van der Waals surface area contributed by atoms with Crippen LogP contribution in [0.3, 0.4) is 0 Å². The van der Waals surface area contributed by atoms with Crippen molar-refractivity contribution in [2.45, 2.75) is 25.9 Å². The van der Waals surface area contributed by atoms with E-state index in [4.69, 9.17) is 22.4 Å². The molecule has 1 saturated heterocycles. The molecule has 2 aliphatic heterocycles. The van der Waals surface area contributed by atoms with Crippen LogP contribution in [-0.2, 0) is 19.5 Å². The van der Waals surface area contributed by atoms with Gasteiger partial charge in [0.05, 0.1) is 17.3 Å². The zero-order chi connectivity index (χ0) is 26.5. The molecule has 196 valence electrons. The van der Waals surface area contributed by atoms with E-state index >= 15 is 0 Å². The highest BCUT2D eigenvalue weighted by molar-refractivity contribution is 7.99. The van der Waals surface area contributed by atoms with Crippen LogP contribution in [0.1, 0.15) is 39.2 Å². The number of carbonyl (C=O) groups excluding carboxylic acids is 2. The van der Waals surface area contributed by atoms with Gasteiger partial charge in [0.2, 0.25) is 0 Å². The second kappa shape index (κ2) is 12.1. The van der Waals surface area contributed by atoms with E-state index < -0.39 is 6.03 Å². The van der Waals surface area contributed by atoms with Crippen LogP contribution in [0.2, 0.25) is 5.02 Å². The first-order valence-electron chi connectivity index (χ1n) is 12.8. The number of urea groups is 1. The number of primary amides is 1. The molecule has 5 rings (SSSR count). The largest absolute Gasteiger partial charge is 0.351 e. The highest BCUT2D eigenvalue weighted by Crippen LogP contribution is 2.32. The number of halogens is 1. The first kappa shape index (κ1) is 26.4. The van der Waals surface area contributed by atoms with Crippen LogP contribution in [0.5, 0.6) is 0 Å². The highest BCUT2D eigenvalue weighted by atomic mass is 35.5. The molecule has 0 atom stereocenters. The number of aryl methyl sites for hydroxylation is 1. The number of nitrogens with zero attached hydrogens (tertiary/aromatic N) is 4. The topological polar surface area (TPSA) is 84.5 Å². The minimum Gasteiger partial charge on any atom is -0.351 e. The lowest BCUT2D eigenvalue weighted by Crippen LogP contribution is -2.39. The van der Waals surface area contributed by atoms with Crippen molar-refractivity contribution in [1.82, 2.24) is 19.6 Å². The van der Waals surface area contributed by atoms with Gasteiger partial charge in [-0.05, 0) is 37.2 Å². The number of aldehydes is 1. The molecule has 0 radical (unpaired) electrons. The summed E-state index contributed by atoms with van der Waals surface area (Å²) >= 11 is 8.53. The maximum Gasteiger partial charge on any atom is 0.315 e. The summed E-state index contributed by atoms with van der Waals surface area (Å²) in [6, 6.07) is 12.4. The molecule has 9 heteroatoms. The van der Waals surface area contributed by atoms with Gasteiger partial charge in [-0.25, -0.2) is 4.79 Å². The fraction of sp³-hybridized carbons (Fsp3) is 0.345. The molecule has 2 amide bonds. The van der Waals surface area contributed by atoms with Gasteiger partial charge in [-0.3, -0.25) is 9.48 Å². The first-order valence-corrected chi connectivity index (χ1v) is 14.4. The normalized spacial score (nSPS) is 15.4. The van der Waals surface area contributed by atoms with Gasteiger partial charge in [-0.15, -0.1) is 0 Å². The lowest BCUT2D eigenvalue weighted by Gasteiger charge is -2.27. The number of thioether (sulfide) groups is 1. The Bertz CT molecular complexity index is 1390. The van der Waals surface area contributed by atoms with E-state index in [1.165, 1.54) is 17.2 Å². The van der Waals surface area contributed by atoms with Gasteiger partial charge in [0.1, 0.15) is 6.29 Å².